The highest BCUT2D eigenvalue weighted by Gasteiger charge is 2.61. The highest BCUT2D eigenvalue weighted by molar-refractivity contribution is 7.89. The molecule has 2 saturated heterocycles. The van der Waals surface area contributed by atoms with E-state index in [4.69, 9.17) is 4.74 Å². The molecule has 3 aliphatic heterocycles. The Labute approximate surface area is 349 Å². The Hall–Kier alpha value is -5.12. The number of sulfonamides is 1. The van der Waals surface area contributed by atoms with Crippen LogP contribution in [0.2, 0.25) is 0 Å². The van der Waals surface area contributed by atoms with Crippen LogP contribution in [0, 0.1) is 16.0 Å². The van der Waals surface area contributed by atoms with Crippen LogP contribution in [0.5, 0.6) is 0 Å². The third kappa shape index (κ3) is 9.58. The molecule has 1 spiro atoms. The molecule has 0 unspecified atom stereocenters. The molecule has 60 heavy (non-hydrogen) atoms. The first-order valence-electron chi connectivity index (χ1n) is 19.9. The quantitative estimate of drug-likeness (QED) is 0.207. The van der Waals surface area contributed by atoms with Crippen LogP contribution >= 0.6 is 0 Å². The highest BCUT2D eigenvalue weighted by atomic mass is 32.2. The predicted molar refractivity (Wildman–Crippen MR) is 219 cm³/mol. The number of nitro groups is 1. The number of carbonyl (C=O) groups excluding carboxylic acids is 4. The summed E-state index contributed by atoms with van der Waals surface area (Å²) in [6.07, 6.45) is 2.79. The van der Waals surface area contributed by atoms with Crippen LogP contribution in [-0.4, -0.2) is 118 Å². The first-order valence-corrected chi connectivity index (χ1v) is 22.8. The fourth-order valence-corrected chi connectivity index (χ4v) is 10.4. The lowest BCUT2D eigenvalue weighted by Crippen LogP contribution is -2.58. The second-order valence-electron chi connectivity index (χ2n) is 16.0. The predicted octanol–water partition coefficient (Wildman–Crippen LogP) is 2.53. The Kier molecular flexibility index (Phi) is 13.2. The molecule has 0 radical (unpaired) electrons. The number of nitro benzene ring substituents is 1. The summed E-state index contributed by atoms with van der Waals surface area (Å²) in [5.41, 5.74) is 0.369. The second kappa shape index (κ2) is 17.8. The van der Waals surface area contributed by atoms with E-state index in [0.29, 0.717) is 38.5 Å². The van der Waals surface area contributed by atoms with Gasteiger partial charge in [0.05, 0.1) is 11.5 Å². The van der Waals surface area contributed by atoms with Crippen LogP contribution in [0.25, 0.3) is 0 Å². The molecule has 2 aromatic carbocycles. The standard InChI is InChI=1S/C39H52N8O11S2/c1-5-28-22-39(28)37(50)42-60(56,57)44(4)19-13-9-7-6-8-10-14-31(41-59(54,55)34-16-12-11-15-32(34)47(52)53)36(49)46-25-30(21-33(46)35(48)40-39)58-38(51)45-23-26-17-18-29(43(2)3)20-27(26)24-45/h5,11-12,15-18,20,28,30-31,33,41H,1,6-10,13-14,19,21-25H2,2-4H3,(H,40,48)(H,42,50)/t28-,30-,31+,33+,39-/m1/s1. The van der Waals surface area contributed by atoms with Crippen molar-refractivity contribution in [3.8, 4) is 0 Å². The molecule has 4 aliphatic rings. The molecular formula is C39H52N8O11S2. The number of rotatable bonds is 7. The zero-order valence-electron chi connectivity index (χ0n) is 33.9. The SMILES string of the molecule is C=C[C@@H]1C[C@@]12NC(=O)[C@@H]1C[C@@H](OC(=O)N3Cc4ccc(N(C)C)cc4C3)CN1C(=O)[C@@H](NS(=O)(=O)c1ccccc1[N+](=O)[O-])CCCCCCCCN(C)S(=O)(=O)NC2=O. The number of nitrogens with zero attached hydrogens (tertiary/aromatic N) is 5. The number of hydrogen-bond acceptors (Lipinski definition) is 12. The van der Waals surface area contributed by atoms with E-state index < -0.39 is 89.2 Å². The van der Waals surface area contributed by atoms with Crippen LogP contribution in [-0.2, 0) is 52.4 Å². The number of benzene rings is 2. The molecular weight excluding hydrogens is 821 g/mol. The van der Waals surface area contributed by atoms with Gasteiger partial charge in [-0.1, -0.05) is 56.4 Å². The van der Waals surface area contributed by atoms with Crippen molar-refractivity contribution in [2.75, 3.05) is 39.1 Å². The first-order chi connectivity index (χ1) is 28.4. The van der Waals surface area contributed by atoms with Gasteiger partial charge in [-0.2, -0.15) is 17.4 Å². The summed E-state index contributed by atoms with van der Waals surface area (Å²) in [6, 6.07) is 7.64. The Balaban J connectivity index is 1.31. The maximum absolute atomic E-state index is 14.7. The number of ether oxygens (including phenoxy) is 1. The van der Waals surface area contributed by atoms with E-state index in [2.05, 4.69) is 21.3 Å². The monoisotopic (exact) mass is 872 g/mol. The van der Waals surface area contributed by atoms with Gasteiger partial charge in [-0.15, -0.1) is 6.58 Å². The van der Waals surface area contributed by atoms with E-state index >= 15 is 0 Å². The van der Waals surface area contributed by atoms with Crippen molar-refractivity contribution in [2.24, 2.45) is 5.92 Å². The largest absolute Gasteiger partial charge is 0.444 e. The summed E-state index contributed by atoms with van der Waals surface area (Å²) in [7, 11) is -3.85. The van der Waals surface area contributed by atoms with E-state index in [1.165, 1.54) is 30.2 Å². The molecule has 21 heteroatoms. The van der Waals surface area contributed by atoms with Gasteiger partial charge < -0.3 is 19.9 Å². The minimum Gasteiger partial charge on any atom is -0.444 e. The number of amides is 4. The van der Waals surface area contributed by atoms with Gasteiger partial charge in [0.15, 0.2) is 4.90 Å². The molecule has 2 aromatic rings. The summed E-state index contributed by atoms with van der Waals surface area (Å²) in [4.78, 5) is 71.3. The normalized spacial score (nSPS) is 26.8. The average molecular weight is 873 g/mol. The van der Waals surface area contributed by atoms with Crippen LogP contribution < -0.4 is 19.7 Å². The number of anilines is 1. The van der Waals surface area contributed by atoms with Gasteiger partial charge in [0.2, 0.25) is 21.8 Å². The number of para-hydroxylation sites is 1. The van der Waals surface area contributed by atoms with Crippen LogP contribution in [0.1, 0.15) is 68.9 Å². The third-order valence-corrected chi connectivity index (χ3v) is 14.6. The minimum absolute atomic E-state index is 0.00965. The third-order valence-electron chi connectivity index (χ3n) is 11.6. The Bertz CT molecular complexity index is 2260. The molecule has 1 aliphatic carbocycles. The van der Waals surface area contributed by atoms with E-state index in [0.717, 1.165) is 38.2 Å². The fourth-order valence-electron chi connectivity index (χ4n) is 8.03. The van der Waals surface area contributed by atoms with Gasteiger partial charge >= 0.3 is 16.3 Å². The van der Waals surface area contributed by atoms with E-state index in [9.17, 15) is 46.1 Å². The lowest BCUT2D eigenvalue weighted by atomic mass is 10.0. The number of fused-ring (bicyclic) bond motifs is 2. The molecule has 6 rings (SSSR count). The van der Waals surface area contributed by atoms with E-state index in [1.54, 1.807) is 0 Å². The lowest BCUT2D eigenvalue weighted by molar-refractivity contribution is -0.387. The maximum Gasteiger partial charge on any atom is 0.410 e. The van der Waals surface area contributed by atoms with E-state index in [-0.39, 0.29) is 45.4 Å². The Morgan fingerprint density at radius 3 is 2.42 bits per heavy atom. The number of nitrogens with one attached hydrogen (secondary N) is 3. The average Bonchev–Trinajstić information content (AvgIpc) is 3.50. The van der Waals surface area contributed by atoms with Crippen molar-refractivity contribution in [1.29, 1.82) is 0 Å². The molecule has 5 atom stereocenters. The number of hydrogen-bond donors (Lipinski definition) is 3. The van der Waals surface area contributed by atoms with Crippen molar-refractivity contribution >= 4 is 55.4 Å². The molecule has 3 fully saturated rings. The molecule has 3 N–H and O–H groups in total. The van der Waals surface area contributed by atoms with Crippen molar-refractivity contribution in [2.45, 2.75) is 99.5 Å². The molecule has 19 nitrogen and oxygen atoms in total. The Morgan fingerprint density at radius 1 is 1.05 bits per heavy atom. The molecule has 0 aromatic heterocycles. The van der Waals surface area contributed by atoms with Crippen molar-refractivity contribution < 1.29 is 45.7 Å². The zero-order chi connectivity index (χ0) is 43.6. The maximum atomic E-state index is 14.7. The first kappa shape index (κ1) is 44.4. The summed E-state index contributed by atoms with van der Waals surface area (Å²) in [5.74, 6) is -3.38. The van der Waals surface area contributed by atoms with Gasteiger partial charge in [-0.05, 0) is 48.6 Å². The fraction of sp³-hybridized carbons (Fsp3) is 0.538. The summed E-state index contributed by atoms with van der Waals surface area (Å²) in [6.45, 7) is 4.04. The molecule has 1 saturated carbocycles. The topological polar surface area (TPSA) is 238 Å². The number of carbonyl (C=O) groups is 4. The minimum atomic E-state index is -4.69. The van der Waals surface area contributed by atoms with Crippen molar-refractivity contribution in [3.05, 3.63) is 76.4 Å². The van der Waals surface area contributed by atoms with Crippen molar-refractivity contribution in [1.82, 2.24) is 28.9 Å². The zero-order valence-corrected chi connectivity index (χ0v) is 35.5. The summed E-state index contributed by atoms with van der Waals surface area (Å²) in [5, 5.41) is 14.5. The Morgan fingerprint density at radius 2 is 1.73 bits per heavy atom. The van der Waals surface area contributed by atoms with Gasteiger partial charge in [-0.3, -0.25) is 29.4 Å². The van der Waals surface area contributed by atoms with Crippen LogP contribution in [0.15, 0.2) is 60.0 Å². The van der Waals surface area contributed by atoms with E-state index in [1.807, 2.05) is 37.2 Å². The van der Waals surface area contributed by atoms with Gasteiger partial charge in [0, 0.05) is 64.9 Å². The second-order valence-corrected chi connectivity index (χ2v) is 19.5. The summed E-state index contributed by atoms with van der Waals surface area (Å²) >= 11 is 0. The van der Waals surface area contributed by atoms with Crippen LogP contribution in [0.3, 0.4) is 0 Å². The molecule has 3 heterocycles. The van der Waals surface area contributed by atoms with Gasteiger partial charge in [-0.25, -0.2) is 17.9 Å². The summed E-state index contributed by atoms with van der Waals surface area (Å²) < 4.78 is 65.5. The molecule has 4 amide bonds. The molecule has 0 bridgehead atoms. The molecule has 326 valence electrons. The highest BCUT2D eigenvalue weighted by Crippen LogP contribution is 2.45. The van der Waals surface area contributed by atoms with Gasteiger partial charge in [0.1, 0.15) is 23.7 Å². The van der Waals surface area contributed by atoms with Gasteiger partial charge in [0.25, 0.3) is 11.6 Å². The van der Waals surface area contributed by atoms with Crippen LogP contribution in [0.4, 0.5) is 16.2 Å². The lowest BCUT2D eigenvalue weighted by Gasteiger charge is -2.30. The smallest absolute Gasteiger partial charge is 0.410 e. The van der Waals surface area contributed by atoms with Crippen molar-refractivity contribution in [3.63, 3.8) is 0 Å².